The van der Waals surface area contributed by atoms with Gasteiger partial charge in [-0.05, 0) is 37.1 Å². The molecule has 2 fully saturated rings. The Kier molecular flexibility index (Phi) is 1.48. The summed E-state index contributed by atoms with van der Waals surface area (Å²) in [5, 5.41) is 3.48. The summed E-state index contributed by atoms with van der Waals surface area (Å²) in [6, 6.07) is 0. The third-order valence-electron chi connectivity index (χ3n) is 3.28. The quantitative estimate of drug-likeness (QED) is 0.539. The molecule has 1 aliphatic carbocycles. The van der Waals surface area contributed by atoms with E-state index < -0.39 is 0 Å². The van der Waals surface area contributed by atoms with Crippen molar-refractivity contribution in [2.75, 3.05) is 13.1 Å². The number of rotatable bonds is 0. The topological polar surface area (TPSA) is 12.0 Å². The van der Waals surface area contributed by atoms with Gasteiger partial charge in [-0.25, -0.2) is 0 Å². The van der Waals surface area contributed by atoms with Gasteiger partial charge in [0, 0.05) is 6.54 Å². The Balaban J connectivity index is 2.03. The normalized spacial score (nSPS) is 47.1. The summed E-state index contributed by atoms with van der Waals surface area (Å²) in [6.45, 7) is 4.97. The molecule has 0 bridgehead atoms. The largest absolute Gasteiger partial charge is 0.316 e. The van der Waals surface area contributed by atoms with Crippen LogP contribution in [0.2, 0.25) is 0 Å². The van der Waals surface area contributed by atoms with E-state index in [0.29, 0.717) is 0 Å². The minimum Gasteiger partial charge on any atom is -0.316 e. The van der Waals surface area contributed by atoms with E-state index in [1.807, 2.05) is 0 Å². The zero-order chi connectivity index (χ0) is 7.03. The first-order valence-corrected chi connectivity index (χ1v) is 4.52. The maximum atomic E-state index is 3.48. The van der Waals surface area contributed by atoms with E-state index in [4.69, 9.17) is 0 Å². The first-order chi connectivity index (χ1) is 4.81. The monoisotopic (exact) mass is 139 g/mol. The molecule has 10 heavy (non-hydrogen) atoms. The third kappa shape index (κ3) is 0.968. The molecule has 1 saturated heterocycles. The molecule has 0 aromatic carbocycles. The zero-order valence-electron chi connectivity index (χ0n) is 6.82. The van der Waals surface area contributed by atoms with Crippen LogP contribution in [0.3, 0.4) is 0 Å². The summed E-state index contributed by atoms with van der Waals surface area (Å²) in [5.41, 5.74) is 0.749. The predicted molar refractivity (Wildman–Crippen MR) is 42.9 cm³/mol. The molecule has 2 rings (SSSR count). The predicted octanol–water partition coefficient (Wildman–Crippen LogP) is 1.79. The highest BCUT2D eigenvalue weighted by Crippen LogP contribution is 2.45. The molecule has 2 atom stereocenters. The molecular formula is C9H17N. The summed E-state index contributed by atoms with van der Waals surface area (Å²) < 4.78 is 0. The maximum absolute atomic E-state index is 3.48. The van der Waals surface area contributed by atoms with Crippen LogP contribution < -0.4 is 5.32 Å². The number of hydrogen-bond donors (Lipinski definition) is 1. The van der Waals surface area contributed by atoms with E-state index in [1.54, 1.807) is 0 Å². The molecule has 1 N–H and O–H groups in total. The maximum Gasteiger partial charge on any atom is 0.000839 e. The second-order valence-electron chi connectivity index (χ2n) is 4.27. The van der Waals surface area contributed by atoms with Crippen LogP contribution in [0.4, 0.5) is 0 Å². The van der Waals surface area contributed by atoms with Crippen LogP contribution in [-0.2, 0) is 0 Å². The van der Waals surface area contributed by atoms with Gasteiger partial charge < -0.3 is 5.32 Å². The van der Waals surface area contributed by atoms with Crippen molar-refractivity contribution in [3.8, 4) is 0 Å². The lowest BCUT2D eigenvalue weighted by Gasteiger charge is -2.20. The third-order valence-corrected chi connectivity index (χ3v) is 3.28. The van der Waals surface area contributed by atoms with Gasteiger partial charge in [-0.1, -0.05) is 13.3 Å². The molecule has 1 saturated carbocycles. The van der Waals surface area contributed by atoms with Crippen molar-refractivity contribution in [3.05, 3.63) is 0 Å². The average Bonchev–Trinajstić information content (AvgIpc) is 2.46. The van der Waals surface area contributed by atoms with Crippen LogP contribution in [0.5, 0.6) is 0 Å². The summed E-state index contributed by atoms with van der Waals surface area (Å²) >= 11 is 0. The second-order valence-corrected chi connectivity index (χ2v) is 4.27. The molecule has 1 aliphatic heterocycles. The van der Waals surface area contributed by atoms with Crippen molar-refractivity contribution in [3.63, 3.8) is 0 Å². The number of nitrogens with one attached hydrogen (secondary N) is 1. The van der Waals surface area contributed by atoms with Crippen LogP contribution >= 0.6 is 0 Å². The van der Waals surface area contributed by atoms with Crippen LogP contribution in [-0.4, -0.2) is 13.1 Å². The fraction of sp³-hybridized carbons (Fsp3) is 1.00. The Morgan fingerprint density at radius 1 is 1.40 bits per heavy atom. The SMILES string of the molecule is C[C@H]1CC[C@]2(CCNC2)C1. The van der Waals surface area contributed by atoms with Crippen molar-refractivity contribution in [2.24, 2.45) is 11.3 Å². The molecule has 1 nitrogen and oxygen atoms in total. The molecule has 1 heteroatoms. The van der Waals surface area contributed by atoms with Gasteiger partial charge in [0.1, 0.15) is 0 Å². The van der Waals surface area contributed by atoms with Crippen molar-refractivity contribution in [2.45, 2.75) is 32.6 Å². The van der Waals surface area contributed by atoms with Gasteiger partial charge in [-0.2, -0.15) is 0 Å². The molecule has 0 aromatic heterocycles. The summed E-state index contributed by atoms with van der Waals surface area (Å²) in [7, 11) is 0. The first kappa shape index (κ1) is 6.66. The minimum atomic E-state index is 0.749. The standard InChI is InChI=1S/C9H17N/c1-8-2-3-9(6-8)4-5-10-7-9/h8,10H,2-7H2,1H3/t8-,9-/m0/s1. The van der Waals surface area contributed by atoms with Crippen molar-refractivity contribution in [1.29, 1.82) is 0 Å². The van der Waals surface area contributed by atoms with Gasteiger partial charge in [0.25, 0.3) is 0 Å². The molecule has 0 radical (unpaired) electrons. The van der Waals surface area contributed by atoms with Crippen LogP contribution in [0.25, 0.3) is 0 Å². The molecule has 1 spiro atoms. The van der Waals surface area contributed by atoms with Crippen molar-refractivity contribution < 1.29 is 0 Å². The lowest BCUT2D eigenvalue weighted by atomic mass is 9.85. The number of hydrogen-bond acceptors (Lipinski definition) is 1. The van der Waals surface area contributed by atoms with E-state index in [9.17, 15) is 0 Å². The van der Waals surface area contributed by atoms with Gasteiger partial charge in [0.2, 0.25) is 0 Å². The molecule has 58 valence electrons. The van der Waals surface area contributed by atoms with E-state index in [0.717, 1.165) is 11.3 Å². The van der Waals surface area contributed by atoms with E-state index in [2.05, 4.69) is 12.2 Å². The Morgan fingerprint density at radius 3 is 2.80 bits per heavy atom. The highest BCUT2D eigenvalue weighted by molar-refractivity contribution is 4.93. The molecule has 1 heterocycles. The molecule has 0 aromatic rings. The Labute approximate surface area is 63.2 Å². The highest BCUT2D eigenvalue weighted by Gasteiger charge is 2.39. The molecular weight excluding hydrogens is 122 g/mol. The lowest BCUT2D eigenvalue weighted by Crippen LogP contribution is -2.20. The molecule has 0 unspecified atom stereocenters. The fourth-order valence-corrected chi connectivity index (χ4v) is 2.68. The van der Waals surface area contributed by atoms with Crippen LogP contribution in [0.15, 0.2) is 0 Å². The Morgan fingerprint density at radius 2 is 2.30 bits per heavy atom. The van der Waals surface area contributed by atoms with E-state index in [1.165, 1.54) is 38.8 Å². The van der Waals surface area contributed by atoms with Crippen molar-refractivity contribution in [1.82, 2.24) is 5.32 Å². The van der Waals surface area contributed by atoms with Gasteiger partial charge in [0.15, 0.2) is 0 Å². The lowest BCUT2D eigenvalue weighted by molar-refractivity contribution is 0.324. The van der Waals surface area contributed by atoms with E-state index in [-0.39, 0.29) is 0 Å². The smallest absolute Gasteiger partial charge is 0.000839 e. The average molecular weight is 139 g/mol. The fourth-order valence-electron chi connectivity index (χ4n) is 2.68. The first-order valence-electron chi connectivity index (χ1n) is 4.52. The molecule has 2 aliphatic rings. The van der Waals surface area contributed by atoms with Gasteiger partial charge >= 0.3 is 0 Å². The van der Waals surface area contributed by atoms with E-state index >= 15 is 0 Å². The van der Waals surface area contributed by atoms with Crippen LogP contribution in [0, 0.1) is 11.3 Å². The summed E-state index contributed by atoms with van der Waals surface area (Å²) in [6.07, 6.45) is 5.89. The summed E-state index contributed by atoms with van der Waals surface area (Å²) in [5.74, 6) is 1.000. The zero-order valence-corrected chi connectivity index (χ0v) is 6.82. The Bertz CT molecular complexity index is 125. The minimum absolute atomic E-state index is 0.749. The molecule has 0 amide bonds. The Hall–Kier alpha value is -0.0400. The van der Waals surface area contributed by atoms with Gasteiger partial charge in [-0.3, -0.25) is 0 Å². The highest BCUT2D eigenvalue weighted by atomic mass is 14.9. The van der Waals surface area contributed by atoms with Crippen LogP contribution in [0.1, 0.15) is 32.6 Å². The van der Waals surface area contributed by atoms with Gasteiger partial charge in [-0.15, -0.1) is 0 Å². The summed E-state index contributed by atoms with van der Waals surface area (Å²) in [4.78, 5) is 0. The van der Waals surface area contributed by atoms with Crippen molar-refractivity contribution >= 4 is 0 Å². The second kappa shape index (κ2) is 2.23. The van der Waals surface area contributed by atoms with Gasteiger partial charge in [0.05, 0.1) is 0 Å².